The maximum Gasteiger partial charge on any atom is 0.387 e. The van der Waals surface area contributed by atoms with Crippen LogP contribution in [0.15, 0.2) is 67.0 Å². The average molecular weight is 484 g/mol. The number of nitrogens with one attached hydrogen (secondary N) is 1. The Labute approximate surface area is 204 Å². The van der Waals surface area contributed by atoms with Gasteiger partial charge in [-0.15, -0.1) is 0 Å². The first-order valence-corrected chi connectivity index (χ1v) is 11.3. The molecule has 3 rings (SSSR count). The molecule has 0 aliphatic carbocycles. The molecule has 4 nitrogen and oxygen atoms in total. The van der Waals surface area contributed by atoms with Crippen molar-refractivity contribution < 1.29 is 23.2 Å². The third kappa shape index (κ3) is 5.97. The molecule has 0 radical (unpaired) electrons. The van der Waals surface area contributed by atoms with Crippen molar-refractivity contribution in [3.8, 4) is 5.75 Å². The van der Waals surface area contributed by atoms with E-state index in [0.29, 0.717) is 16.2 Å². The molecule has 2 N–H and O–H groups in total. The first-order chi connectivity index (χ1) is 16.0. The van der Waals surface area contributed by atoms with E-state index in [1.807, 2.05) is 56.6 Å². The van der Waals surface area contributed by atoms with E-state index in [1.165, 1.54) is 24.3 Å². The summed E-state index contributed by atoms with van der Waals surface area (Å²) < 4.78 is 31.2. The summed E-state index contributed by atoms with van der Waals surface area (Å²) in [5.74, 6) is -0.0904. The highest BCUT2D eigenvalue weighted by Gasteiger charge is 2.26. The number of aliphatic hydroxyl groups is 1. The van der Waals surface area contributed by atoms with Crippen LogP contribution >= 0.6 is 12.2 Å². The Bertz CT molecular complexity index is 1180. The minimum Gasteiger partial charge on any atom is -0.502 e. The second kappa shape index (κ2) is 10.3. The Balaban J connectivity index is 2.08. The molecule has 0 aliphatic heterocycles. The monoisotopic (exact) mass is 483 g/mol. The lowest BCUT2D eigenvalue weighted by Gasteiger charge is -2.18. The molecule has 178 valence electrons. The van der Waals surface area contributed by atoms with Gasteiger partial charge in [-0.25, -0.2) is 0 Å². The van der Waals surface area contributed by atoms with Gasteiger partial charge in [-0.1, -0.05) is 51.2 Å². The fraction of sp³-hybridized carbons (Fsp3) is 0.259. The van der Waals surface area contributed by atoms with Crippen LogP contribution in [0.5, 0.6) is 5.75 Å². The van der Waals surface area contributed by atoms with Crippen LogP contribution in [-0.2, 0) is 5.41 Å². The quantitative estimate of drug-likeness (QED) is 0.175. The van der Waals surface area contributed by atoms with E-state index in [0.717, 1.165) is 22.4 Å². The van der Waals surface area contributed by atoms with Crippen molar-refractivity contribution in [2.75, 3.05) is 5.32 Å². The molecule has 0 unspecified atom stereocenters. The van der Waals surface area contributed by atoms with Crippen molar-refractivity contribution in [1.29, 1.82) is 0 Å². The molecule has 7 heteroatoms. The van der Waals surface area contributed by atoms with Crippen molar-refractivity contribution in [1.82, 2.24) is 0 Å². The number of aliphatic hydroxyl groups excluding tert-OH is 1. The topological polar surface area (TPSA) is 45.4 Å². The molecule has 0 spiro atoms. The Morgan fingerprint density at radius 1 is 0.971 bits per heavy atom. The number of para-hydroxylation sites is 1. The molecule has 0 saturated heterocycles. The molecule has 0 amide bonds. The number of nitrogens with zero attached hydrogens (tertiary/aromatic N) is 1. The van der Waals surface area contributed by atoms with Gasteiger partial charge in [0.2, 0.25) is 0 Å². The highest BCUT2D eigenvalue weighted by atomic mass is 32.1. The number of aromatic nitrogens is 1. The van der Waals surface area contributed by atoms with Gasteiger partial charge in [0, 0.05) is 23.4 Å². The van der Waals surface area contributed by atoms with Gasteiger partial charge in [-0.2, -0.15) is 13.3 Å². The number of halogens is 2. The Kier molecular flexibility index (Phi) is 7.67. The van der Waals surface area contributed by atoms with E-state index >= 15 is 0 Å². The summed E-state index contributed by atoms with van der Waals surface area (Å²) in [4.78, 5) is 0.316. The summed E-state index contributed by atoms with van der Waals surface area (Å²) in [5, 5.41) is 14.5. The zero-order valence-electron chi connectivity index (χ0n) is 19.9. The van der Waals surface area contributed by atoms with E-state index in [9.17, 15) is 13.9 Å². The lowest BCUT2D eigenvalue weighted by atomic mass is 9.88. The van der Waals surface area contributed by atoms with Crippen LogP contribution in [0.25, 0.3) is 11.5 Å². The molecule has 1 heterocycles. The van der Waals surface area contributed by atoms with E-state index in [4.69, 9.17) is 12.2 Å². The third-order valence-electron chi connectivity index (χ3n) is 5.47. The normalized spacial score (nSPS) is 12.4. The molecule has 2 aromatic carbocycles. The van der Waals surface area contributed by atoms with Crippen LogP contribution in [0.1, 0.15) is 43.0 Å². The number of aryl methyl sites for hydroxylation is 2. The van der Waals surface area contributed by atoms with Crippen molar-refractivity contribution in [2.24, 2.45) is 0 Å². The van der Waals surface area contributed by atoms with Crippen molar-refractivity contribution in [3.63, 3.8) is 0 Å². The number of alkyl halides is 2. The standard InChI is InChI=1S/C27H28F2N2O2S/c1-17-7-6-8-18(2)22(17)30-25(34)23(31-15-13-20(14-16-31)27(3,4)5)24(32)19-9-11-21(12-10-19)33-26(28)29/h6-16,26H,1-5H3,(H-,30,32,34)/p+1. The molecule has 0 fully saturated rings. The minimum absolute atomic E-state index is 0.00604. The summed E-state index contributed by atoms with van der Waals surface area (Å²) in [6.45, 7) is 7.41. The fourth-order valence-electron chi connectivity index (χ4n) is 3.54. The first kappa shape index (κ1) is 25.3. The molecule has 0 bridgehead atoms. The molecule has 0 atom stereocenters. The smallest absolute Gasteiger partial charge is 0.387 e. The van der Waals surface area contributed by atoms with Gasteiger partial charge in [-0.05, 0) is 60.2 Å². The number of rotatable bonds is 6. The molecular formula is C27H29F2N2O2S+. The van der Waals surface area contributed by atoms with Gasteiger partial charge in [-0.3, -0.25) is 0 Å². The zero-order valence-corrected chi connectivity index (χ0v) is 20.7. The predicted molar refractivity (Wildman–Crippen MR) is 136 cm³/mol. The number of pyridine rings is 1. The van der Waals surface area contributed by atoms with E-state index < -0.39 is 6.61 Å². The molecule has 1 aromatic heterocycles. The van der Waals surface area contributed by atoms with Gasteiger partial charge in [0.1, 0.15) is 5.75 Å². The van der Waals surface area contributed by atoms with Gasteiger partial charge < -0.3 is 15.2 Å². The molecule has 0 aliphatic rings. The van der Waals surface area contributed by atoms with Crippen LogP contribution in [0, 0.1) is 13.8 Å². The summed E-state index contributed by atoms with van der Waals surface area (Å²) in [5.41, 5.74) is 4.76. The Morgan fingerprint density at radius 3 is 2.03 bits per heavy atom. The average Bonchev–Trinajstić information content (AvgIpc) is 2.76. The molecular weight excluding hydrogens is 454 g/mol. The molecule has 34 heavy (non-hydrogen) atoms. The number of benzene rings is 2. The summed E-state index contributed by atoms with van der Waals surface area (Å²) in [7, 11) is 0. The van der Waals surface area contributed by atoms with Crippen LogP contribution in [0.2, 0.25) is 0 Å². The van der Waals surface area contributed by atoms with Crippen molar-refractivity contribution >= 4 is 34.3 Å². The minimum atomic E-state index is -2.92. The van der Waals surface area contributed by atoms with Crippen LogP contribution in [-0.4, -0.2) is 16.7 Å². The molecule has 3 aromatic rings. The van der Waals surface area contributed by atoms with Gasteiger partial charge in [0.15, 0.2) is 23.1 Å². The van der Waals surface area contributed by atoms with E-state index in [1.54, 1.807) is 4.57 Å². The number of hydrogen-bond acceptors (Lipinski definition) is 3. The third-order valence-corrected chi connectivity index (χ3v) is 5.76. The summed E-state index contributed by atoms with van der Waals surface area (Å²) >= 11 is 5.75. The Hall–Kier alpha value is -3.32. The van der Waals surface area contributed by atoms with E-state index in [-0.39, 0.29) is 16.9 Å². The lowest BCUT2D eigenvalue weighted by molar-refractivity contribution is -0.575. The predicted octanol–water partition coefficient (Wildman–Crippen LogP) is 6.81. The van der Waals surface area contributed by atoms with E-state index in [2.05, 4.69) is 30.8 Å². The van der Waals surface area contributed by atoms with Gasteiger partial charge >= 0.3 is 6.61 Å². The lowest BCUT2D eigenvalue weighted by Crippen LogP contribution is -2.39. The first-order valence-electron chi connectivity index (χ1n) is 10.9. The second-order valence-electron chi connectivity index (χ2n) is 9.07. The highest BCUT2D eigenvalue weighted by molar-refractivity contribution is 7.81. The number of hydrogen-bond donors (Lipinski definition) is 2. The molecule has 0 saturated carbocycles. The van der Waals surface area contributed by atoms with Gasteiger partial charge in [0.05, 0.1) is 0 Å². The number of thiocarbonyl (C=S) groups is 1. The zero-order chi connectivity index (χ0) is 25.0. The number of anilines is 1. The maximum absolute atomic E-state index is 12.5. The summed E-state index contributed by atoms with van der Waals surface area (Å²) in [6, 6.07) is 15.7. The fourth-order valence-corrected chi connectivity index (χ4v) is 3.84. The van der Waals surface area contributed by atoms with Crippen LogP contribution < -0.4 is 14.6 Å². The van der Waals surface area contributed by atoms with Gasteiger partial charge in [0.25, 0.3) is 5.70 Å². The van der Waals surface area contributed by atoms with Crippen molar-refractivity contribution in [3.05, 3.63) is 89.2 Å². The van der Waals surface area contributed by atoms with Crippen LogP contribution in [0.4, 0.5) is 14.5 Å². The maximum atomic E-state index is 12.5. The van der Waals surface area contributed by atoms with Crippen molar-refractivity contribution in [2.45, 2.75) is 46.6 Å². The summed E-state index contributed by atoms with van der Waals surface area (Å²) in [6.07, 6.45) is 3.69. The highest BCUT2D eigenvalue weighted by Crippen LogP contribution is 2.26. The van der Waals surface area contributed by atoms with Crippen LogP contribution in [0.3, 0.4) is 0 Å². The Morgan fingerprint density at radius 2 is 1.53 bits per heavy atom. The second-order valence-corrected chi connectivity index (χ2v) is 9.47. The largest absolute Gasteiger partial charge is 0.502 e. The number of ether oxygens (including phenoxy) is 1. The SMILES string of the molecule is Cc1cccc(C)c1NC(=S)/C(=C(\O)c1ccc(OC(F)F)cc1)[n+]1ccc(C(C)(C)C)cc1.